The number of nitrogens with zero attached hydrogens (tertiary/aromatic N) is 3. The fraction of sp³-hybridized carbons (Fsp3) is 0.762. The van der Waals surface area contributed by atoms with Crippen LogP contribution in [-0.2, 0) is 24.0 Å². The molecular formula is C21H37N3O9. The second-order valence-electron chi connectivity index (χ2n) is 7.99. The Labute approximate surface area is 193 Å². The zero-order valence-electron chi connectivity index (χ0n) is 19.7. The Balaban J connectivity index is 0.00000497. The van der Waals surface area contributed by atoms with Gasteiger partial charge in [-0.3, -0.25) is 33.9 Å². The fourth-order valence-corrected chi connectivity index (χ4v) is 4.04. The average molecular weight is 476 g/mol. The molecule has 1 fully saturated rings. The van der Waals surface area contributed by atoms with Gasteiger partial charge in [-0.05, 0) is 19.8 Å². The minimum Gasteiger partial charge on any atom is -0.480 e. The van der Waals surface area contributed by atoms with Gasteiger partial charge >= 0.3 is 23.9 Å². The van der Waals surface area contributed by atoms with E-state index in [1.165, 1.54) is 11.8 Å². The lowest BCUT2D eigenvalue weighted by Crippen LogP contribution is -2.62. The summed E-state index contributed by atoms with van der Waals surface area (Å²) in [6, 6.07) is 0. The third-order valence-electron chi connectivity index (χ3n) is 5.23. The van der Waals surface area contributed by atoms with Crippen LogP contribution in [0.25, 0.3) is 0 Å². The Morgan fingerprint density at radius 2 is 1.18 bits per heavy atom. The third kappa shape index (κ3) is 12.3. The molecule has 1 heterocycles. The number of carboxylic acids is 4. The van der Waals surface area contributed by atoms with Crippen molar-refractivity contribution in [2.45, 2.75) is 52.0 Å². The summed E-state index contributed by atoms with van der Waals surface area (Å²) >= 11 is 0. The van der Waals surface area contributed by atoms with Gasteiger partial charge in [-0.2, -0.15) is 0 Å². The smallest absolute Gasteiger partial charge is 0.317 e. The van der Waals surface area contributed by atoms with Crippen LogP contribution in [0.2, 0.25) is 0 Å². The van der Waals surface area contributed by atoms with E-state index in [0.29, 0.717) is 19.3 Å². The monoisotopic (exact) mass is 475 g/mol. The maximum Gasteiger partial charge on any atom is 0.317 e. The number of carboxylic acid groups (broad SMARTS) is 4. The van der Waals surface area contributed by atoms with Crippen molar-refractivity contribution in [3.8, 4) is 0 Å². The number of hydrogen-bond acceptors (Lipinski definition) is 8. The van der Waals surface area contributed by atoms with Gasteiger partial charge in [-0.25, -0.2) is 0 Å². The van der Waals surface area contributed by atoms with Crippen LogP contribution in [-0.4, -0.2) is 123 Å². The van der Waals surface area contributed by atoms with Crippen molar-refractivity contribution in [1.82, 2.24) is 14.7 Å². The summed E-state index contributed by atoms with van der Waals surface area (Å²) in [5.74, 6) is -4.70. The summed E-state index contributed by atoms with van der Waals surface area (Å²) in [5, 5.41) is 37.3. The first-order valence-electron chi connectivity index (χ1n) is 11.0. The minimum absolute atomic E-state index is 0.0112. The number of unbranched alkanes of at least 4 members (excludes halogenated alkanes) is 1. The van der Waals surface area contributed by atoms with E-state index in [9.17, 15) is 44.4 Å². The molecule has 0 aromatic carbocycles. The van der Waals surface area contributed by atoms with E-state index in [1.54, 1.807) is 9.80 Å². The molecule has 0 aromatic heterocycles. The van der Waals surface area contributed by atoms with E-state index in [1.807, 2.05) is 13.8 Å². The molecule has 0 unspecified atom stereocenters. The van der Waals surface area contributed by atoms with Crippen molar-refractivity contribution in [2.75, 3.05) is 52.4 Å². The Morgan fingerprint density at radius 1 is 0.758 bits per heavy atom. The predicted octanol–water partition coefficient (Wildman–Crippen LogP) is 0.159. The summed E-state index contributed by atoms with van der Waals surface area (Å²) in [7, 11) is 0. The lowest BCUT2D eigenvalue weighted by molar-refractivity contribution is -0.148. The highest BCUT2D eigenvalue weighted by molar-refractivity contribution is 5.75. The van der Waals surface area contributed by atoms with Gasteiger partial charge in [0.25, 0.3) is 0 Å². The summed E-state index contributed by atoms with van der Waals surface area (Å²) in [4.78, 5) is 61.4. The molecule has 1 aliphatic rings. The van der Waals surface area contributed by atoms with Crippen molar-refractivity contribution < 1.29 is 44.4 Å². The number of ketones is 1. The van der Waals surface area contributed by atoms with Crippen molar-refractivity contribution in [3.05, 3.63) is 0 Å². The first-order valence-corrected chi connectivity index (χ1v) is 11.0. The summed E-state index contributed by atoms with van der Waals surface area (Å²) in [6.07, 6.45) is 1.57. The van der Waals surface area contributed by atoms with E-state index in [-0.39, 0.29) is 51.5 Å². The van der Waals surface area contributed by atoms with Crippen LogP contribution < -0.4 is 0 Å². The number of hydrogen-bond donors (Lipinski definition) is 4. The summed E-state index contributed by atoms with van der Waals surface area (Å²) in [5.41, 5.74) is -1.12. The van der Waals surface area contributed by atoms with Crippen LogP contribution >= 0.6 is 0 Å². The van der Waals surface area contributed by atoms with E-state index in [4.69, 9.17) is 0 Å². The van der Waals surface area contributed by atoms with Crippen molar-refractivity contribution in [1.29, 1.82) is 0 Å². The topological polar surface area (TPSA) is 176 Å². The van der Waals surface area contributed by atoms with Gasteiger partial charge in [0.15, 0.2) is 0 Å². The van der Waals surface area contributed by atoms with Crippen LogP contribution in [0.15, 0.2) is 0 Å². The Morgan fingerprint density at radius 3 is 1.52 bits per heavy atom. The van der Waals surface area contributed by atoms with Crippen LogP contribution in [0.1, 0.15) is 46.5 Å². The van der Waals surface area contributed by atoms with E-state index in [0.717, 1.165) is 0 Å². The fourth-order valence-electron chi connectivity index (χ4n) is 4.04. The van der Waals surface area contributed by atoms with Gasteiger partial charge < -0.3 is 25.2 Å². The number of carbonyl (C=O) groups excluding carboxylic acids is 1. The molecule has 1 saturated heterocycles. The highest BCUT2D eigenvalue weighted by Crippen LogP contribution is 2.28. The van der Waals surface area contributed by atoms with Gasteiger partial charge in [0.05, 0.1) is 26.2 Å². The first-order chi connectivity index (χ1) is 15.4. The third-order valence-corrected chi connectivity index (χ3v) is 5.23. The molecule has 33 heavy (non-hydrogen) atoms. The molecule has 0 bridgehead atoms. The van der Waals surface area contributed by atoms with Crippen LogP contribution in [0.3, 0.4) is 0 Å². The molecule has 1 aliphatic heterocycles. The second-order valence-corrected chi connectivity index (χ2v) is 7.99. The molecule has 12 nitrogen and oxygen atoms in total. The average Bonchev–Trinajstić information content (AvgIpc) is 2.84. The number of aliphatic carboxylic acids is 4. The van der Waals surface area contributed by atoms with Crippen LogP contribution in [0, 0.1) is 0 Å². The van der Waals surface area contributed by atoms with Gasteiger partial charge in [-0.15, -0.1) is 0 Å². The van der Waals surface area contributed by atoms with Gasteiger partial charge in [0, 0.05) is 38.1 Å². The lowest BCUT2D eigenvalue weighted by Gasteiger charge is -2.45. The minimum atomic E-state index is -1.25. The van der Waals surface area contributed by atoms with Crippen molar-refractivity contribution in [2.24, 2.45) is 0 Å². The quantitative estimate of drug-likeness (QED) is 0.251. The van der Waals surface area contributed by atoms with Gasteiger partial charge in [0.1, 0.15) is 5.78 Å². The Kier molecular flexibility index (Phi) is 14.1. The zero-order chi connectivity index (χ0) is 25.6. The highest BCUT2D eigenvalue weighted by atomic mass is 16.4. The second kappa shape index (κ2) is 15.3. The first kappa shape index (κ1) is 30.4. The number of rotatable bonds is 14. The van der Waals surface area contributed by atoms with E-state index >= 15 is 0 Å². The molecule has 190 valence electrons. The molecule has 1 rings (SSSR count). The highest BCUT2D eigenvalue weighted by Gasteiger charge is 2.43. The molecule has 0 atom stereocenters. The molecule has 0 radical (unpaired) electrons. The molecule has 12 heteroatoms. The summed E-state index contributed by atoms with van der Waals surface area (Å²) in [6.45, 7) is 4.18. The molecule has 4 N–H and O–H groups in total. The van der Waals surface area contributed by atoms with Crippen LogP contribution in [0.5, 0.6) is 0 Å². The van der Waals surface area contributed by atoms with Crippen molar-refractivity contribution in [3.63, 3.8) is 0 Å². The zero-order valence-corrected chi connectivity index (χ0v) is 19.7. The van der Waals surface area contributed by atoms with E-state index in [2.05, 4.69) is 0 Å². The SMILES string of the molecule is CC.CC(=O)CCCCC1(N(CC(=O)O)CC(=O)O)CN(CC(=O)O)CCN(CC(=O)O)C1. The maximum atomic E-state index is 11.5. The lowest BCUT2D eigenvalue weighted by atomic mass is 9.88. The summed E-state index contributed by atoms with van der Waals surface area (Å²) < 4.78 is 0. The normalized spacial score (nSPS) is 16.4. The Hall–Kier alpha value is -2.57. The number of Topliss-reactive ketones (excluding diaryl/α,β-unsaturated/α-hetero) is 1. The molecule has 0 spiro atoms. The van der Waals surface area contributed by atoms with Gasteiger partial charge in [0.2, 0.25) is 0 Å². The molecule has 0 aromatic rings. The maximum absolute atomic E-state index is 11.5. The molecule has 0 aliphatic carbocycles. The molecule has 0 saturated carbocycles. The molecule has 0 amide bonds. The van der Waals surface area contributed by atoms with Crippen molar-refractivity contribution >= 4 is 29.7 Å². The Bertz CT molecular complexity index is 642. The number of carbonyl (C=O) groups is 5. The largest absolute Gasteiger partial charge is 0.480 e. The standard InChI is InChI=1S/C19H31N3O9.C2H6/c1-14(23)4-2-3-5-19(22(10-17(28)29)11-18(30)31)12-20(8-15(24)25)6-7-21(13-19)9-16(26)27;1-2/h2-13H2,1H3,(H,24,25)(H,26,27)(H,28,29)(H,30,31);1-2H3. The van der Waals surface area contributed by atoms with Crippen LogP contribution in [0.4, 0.5) is 0 Å². The molecular weight excluding hydrogens is 438 g/mol. The predicted molar refractivity (Wildman–Crippen MR) is 118 cm³/mol. The van der Waals surface area contributed by atoms with E-state index < -0.39 is 42.5 Å². The van der Waals surface area contributed by atoms with Gasteiger partial charge in [-0.1, -0.05) is 20.3 Å².